The van der Waals surface area contributed by atoms with Crippen molar-refractivity contribution in [2.75, 3.05) is 7.05 Å². The fraction of sp³-hybridized carbons (Fsp3) is 0.429. The van der Waals surface area contributed by atoms with Crippen LogP contribution in [0.4, 0.5) is 0 Å². The average Bonchev–Trinajstić information content (AvgIpc) is 2.86. The Bertz CT molecular complexity index is 396. The molecule has 0 amide bonds. The van der Waals surface area contributed by atoms with E-state index in [2.05, 4.69) is 32.0 Å². The molecule has 0 saturated carbocycles. The Kier molecular flexibility index (Phi) is 2.80. The zero-order chi connectivity index (χ0) is 9.97. The summed E-state index contributed by atoms with van der Waals surface area (Å²) in [5, 5.41) is 16.9. The lowest BCUT2D eigenvalue weighted by Crippen LogP contribution is -2.11. The van der Waals surface area contributed by atoms with Crippen molar-refractivity contribution in [3.05, 3.63) is 11.2 Å². The molecule has 5 nitrogen and oxygen atoms in total. The quantitative estimate of drug-likeness (QED) is 0.857. The first-order valence-electron chi connectivity index (χ1n) is 4.09. The van der Waals surface area contributed by atoms with E-state index in [1.807, 2.05) is 7.05 Å². The van der Waals surface area contributed by atoms with E-state index in [0.717, 1.165) is 14.9 Å². The molecule has 2 rings (SSSR count). The summed E-state index contributed by atoms with van der Waals surface area (Å²) in [6.07, 6.45) is 1.71. The van der Waals surface area contributed by atoms with E-state index < -0.39 is 0 Å². The topological polar surface area (TPSA) is 63.6 Å². The number of rotatable bonds is 3. The monoisotopic (exact) mass is 227 g/mol. The van der Waals surface area contributed by atoms with Crippen LogP contribution < -0.4 is 5.32 Å². The number of nitrogens with zero attached hydrogens (tertiary/aromatic N) is 4. The fourth-order valence-corrected chi connectivity index (χ4v) is 2.34. The highest BCUT2D eigenvalue weighted by atomic mass is 32.1. The van der Waals surface area contributed by atoms with Crippen LogP contribution in [-0.4, -0.2) is 26.8 Å². The zero-order valence-electron chi connectivity index (χ0n) is 7.76. The predicted molar refractivity (Wildman–Crippen MR) is 56.3 cm³/mol. The van der Waals surface area contributed by atoms with Gasteiger partial charge < -0.3 is 5.32 Å². The lowest BCUT2D eigenvalue weighted by atomic mass is 10.4. The summed E-state index contributed by atoms with van der Waals surface area (Å²) in [4.78, 5) is 0.969. The Labute approximate surface area is 89.4 Å². The van der Waals surface area contributed by atoms with Crippen molar-refractivity contribution in [1.29, 1.82) is 0 Å². The number of nitrogens with one attached hydrogen (secondary N) is 1. The molecule has 0 fully saturated rings. The summed E-state index contributed by atoms with van der Waals surface area (Å²) in [6.45, 7) is 2.05. The molecule has 0 spiro atoms. The third-order valence-corrected chi connectivity index (χ3v) is 3.76. The van der Waals surface area contributed by atoms with E-state index in [1.165, 1.54) is 11.5 Å². The lowest BCUT2D eigenvalue weighted by molar-refractivity contribution is 0.640. The minimum Gasteiger partial charge on any atom is -0.311 e. The van der Waals surface area contributed by atoms with Crippen LogP contribution in [0.5, 0.6) is 0 Å². The highest BCUT2D eigenvalue weighted by Gasteiger charge is 2.12. The molecule has 2 heterocycles. The van der Waals surface area contributed by atoms with Crippen LogP contribution in [-0.2, 0) is 0 Å². The van der Waals surface area contributed by atoms with Gasteiger partial charge in [-0.15, -0.1) is 15.3 Å². The van der Waals surface area contributed by atoms with Gasteiger partial charge in [-0.25, -0.2) is 0 Å². The summed E-state index contributed by atoms with van der Waals surface area (Å²) >= 11 is 2.90. The molecule has 0 bridgehead atoms. The summed E-state index contributed by atoms with van der Waals surface area (Å²) in [5.41, 5.74) is 0. The van der Waals surface area contributed by atoms with Crippen molar-refractivity contribution in [2.24, 2.45) is 0 Å². The Morgan fingerprint density at radius 1 is 1.43 bits per heavy atom. The van der Waals surface area contributed by atoms with E-state index in [1.54, 1.807) is 17.5 Å². The normalized spacial score (nSPS) is 13.0. The Morgan fingerprint density at radius 3 is 2.93 bits per heavy atom. The molecule has 0 radical (unpaired) electrons. The molecule has 1 atom stereocenters. The van der Waals surface area contributed by atoms with Crippen molar-refractivity contribution in [2.45, 2.75) is 13.0 Å². The van der Waals surface area contributed by atoms with Gasteiger partial charge in [0.1, 0.15) is 9.88 Å². The van der Waals surface area contributed by atoms with Crippen LogP contribution >= 0.6 is 22.9 Å². The first-order valence-corrected chi connectivity index (χ1v) is 5.68. The van der Waals surface area contributed by atoms with Crippen molar-refractivity contribution < 1.29 is 0 Å². The molecule has 0 saturated heterocycles. The molecule has 0 aromatic carbocycles. The van der Waals surface area contributed by atoms with Crippen LogP contribution in [0.25, 0.3) is 9.88 Å². The van der Waals surface area contributed by atoms with Gasteiger partial charge in [0.15, 0.2) is 5.01 Å². The van der Waals surface area contributed by atoms with Crippen LogP contribution in [0.3, 0.4) is 0 Å². The standard InChI is InChI=1S/C7H9N5S2/c1-4(8-2)6-10-11-7(13-6)5-3-9-12-14-5/h3-4,8H,1-2H3. The van der Waals surface area contributed by atoms with Crippen LogP contribution in [0.15, 0.2) is 6.20 Å². The van der Waals surface area contributed by atoms with E-state index in [9.17, 15) is 0 Å². The first-order chi connectivity index (χ1) is 6.81. The van der Waals surface area contributed by atoms with Gasteiger partial charge in [0, 0.05) is 0 Å². The molecule has 7 heteroatoms. The van der Waals surface area contributed by atoms with E-state index in [4.69, 9.17) is 0 Å². The van der Waals surface area contributed by atoms with Crippen molar-refractivity contribution >= 4 is 22.9 Å². The molecule has 2 aromatic heterocycles. The molecule has 0 aliphatic carbocycles. The third kappa shape index (κ3) is 1.79. The van der Waals surface area contributed by atoms with Gasteiger partial charge in [0.2, 0.25) is 0 Å². The zero-order valence-corrected chi connectivity index (χ0v) is 9.39. The van der Waals surface area contributed by atoms with Crippen LogP contribution in [0.1, 0.15) is 18.0 Å². The maximum absolute atomic E-state index is 4.10. The third-order valence-electron chi connectivity index (χ3n) is 1.82. The largest absolute Gasteiger partial charge is 0.311 e. The summed E-state index contributed by atoms with van der Waals surface area (Å²) < 4.78 is 3.79. The van der Waals surface area contributed by atoms with Gasteiger partial charge in [0.05, 0.1) is 12.2 Å². The second-order valence-electron chi connectivity index (χ2n) is 2.74. The lowest BCUT2D eigenvalue weighted by Gasteiger charge is -2.02. The van der Waals surface area contributed by atoms with Crippen LogP contribution in [0.2, 0.25) is 0 Å². The molecule has 74 valence electrons. The first kappa shape index (κ1) is 9.63. The van der Waals surface area contributed by atoms with E-state index in [0.29, 0.717) is 0 Å². The van der Waals surface area contributed by atoms with Crippen molar-refractivity contribution in [1.82, 2.24) is 25.1 Å². The summed E-state index contributed by atoms with van der Waals surface area (Å²) in [7, 11) is 1.90. The molecule has 1 N–H and O–H groups in total. The molecule has 2 aromatic rings. The van der Waals surface area contributed by atoms with Crippen molar-refractivity contribution in [3.8, 4) is 9.88 Å². The summed E-state index contributed by atoms with van der Waals surface area (Å²) in [6, 6.07) is 0.238. The highest BCUT2D eigenvalue weighted by Crippen LogP contribution is 2.27. The smallest absolute Gasteiger partial charge is 0.161 e. The number of hydrogen-bond donors (Lipinski definition) is 1. The second-order valence-corrected chi connectivity index (χ2v) is 4.53. The van der Waals surface area contributed by atoms with Crippen LogP contribution in [0, 0.1) is 0 Å². The van der Waals surface area contributed by atoms with Gasteiger partial charge in [0.25, 0.3) is 0 Å². The second kappa shape index (κ2) is 4.07. The number of aromatic nitrogens is 4. The average molecular weight is 227 g/mol. The molecule has 0 aliphatic heterocycles. The van der Waals surface area contributed by atoms with Gasteiger partial charge in [-0.05, 0) is 25.5 Å². The highest BCUT2D eigenvalue weighted by molar-refractivity contribution is 7.19. The molecular formula is C7H9N5S2. The fourth-order valence-electron chi connectivity index (χ4n) is 0.894. The molecular weight excluding hydrogens is 218 g/mol. The van der Waals surface area contributed by atoms with Crippen molar-refractivity contribution in [3.63, 3.8) is 0 Å². The van der Waals surface area contributed by atoms with Gasteiger partial charge >= 0.3 is 0 Å². The predicted octanol–water partition coefficient (Wildman–Crippen LogP) is 1.34. The Hall–Kier alpha value is -0.920. The van der Waals surface area contributed by atoms with Gasteiger partial charge in [-0.2, -0.15) is 0 Å². The van der Waals surface area contributed by atoms with E-state index >= 15 is 0 Å². The van der Waals surface area contributed by atoms with Gasteiger partial charge in [-0.1, -0.05) is 15.8 Å². The Morgan fingerprint density at radius 2 is 2.29 bits per heavy atom. The van der Waals surface area contributed by atoms with Gasteiger partial charge in [-0.3, -0.25) is 0 Å². The molecule has 0 aliphatic rings. The minimum atomic E-state index is 0.238. The SMILES string of the molecule is CNC(C)c1nnc(-c2cnns2)s1. The summed E-state index contributed by atoms with van der Waals surface area (Å²) in [5.74, 6) is 0. The molecule has 1 unspecified atom stereocenters. The number of hydrogen-bond acceptors (Lipinski definition) is 7. The minimum absolute atomic E-state index is 0.238. The maximum Gasteiger partial charge on any atom is 0.161 e. The van der Waals surface area contributed by atoms with E-state index in [-0.39, 0.29) is 6.04 Å². The maximum atomic E-state index is 4.10. The molecule has 14 heavy (non-hydrogen) atoms. The Balaban J connectivity index is 2.26.